The molecule has 0 aliphatic carbocycles. The molecule has 192 valence electrons. The van der Waals surface area contributed by atoms with Crippen molar-refractivity contribution in [1.29, 1.82) is 0 Å². The maximum absolute atomic E-state index is 12.8. The summed E-state index contributed by atoms with van der Waals surface area (Å²) in [5, 5.41) is 3.93. The van der Waals surface area contributed by atoms with Crippen molar-refractivity contribution in [3.63, 3.8) is 0 Å². The van der Waals surface area contributed by atoms with Crippen LogP contribution in [0.5, 0.6) is 11.5 Å². The number of benzene rings is 2. The second-order valence-corrected chi connectivity index (χ2v) is 10.5. The number of Topliss-reactive ketones (excluding diaryl/α,β-unsaturated/α-hetero) is 1. The lowest BCUT2D eigenvalue weighted by atomic mass is 10.0. The van der Waals surface area contributed by atoms with Gasteiger partial charge in [-0.15, -0.1) is 0 Å². The van der Waals surface area contributed by atoms with Crippen LogP contribution >= 0.6 is 23.2 Å². The lowest BCUT2D eigenvalue weighted by molar-refractivity contribution is 0.0907. The molecule has 2 aliphatic heterocycles. The lowest BCUT2D eigenvalue weighted by Crippen LogP contribution is -2.44. The molecule has 2 aromatic rings. The van der Waals surface area contributed by atoms with Crippen LogP contribution in [0.15, 0.2) is 47.7 Å². The monoisotopic (exact) mass is 530 g/mol. The number of ketones is 1. The fourth-order valence-corrected chi connectivity index (χ4v) is 4.90. The fourth-order valence-electron chi connectivity index (χ4n) is 4.60. The van der Waals surface area contributed by atoms with E-state index in [0.717, 1.165) is 50.9 Å². The van der Waals surface area contributed by atoms with Crippen LogP contribution in [-0.2, 0) is 0 Å². The van der Waals surface area contributed by atoms with E-state index in [2.05, 4.69) is 10.2 Å². The first kappa shape index (κ1) is 26.5. The molecule has 2 aliphatic rings. The molecule has 1 N–H and O–H groups in total. The molecule has 4 rings (SSSR count). The molecule has 1 saturated heterocycles. The van der Waals surface area contributed by atoms with Gasteiger partial charge >= 0.3 is 0 Å². The van der Waals surface area contributed by atoms with Gasteiger partial charge in [0.15, 0.2) is 5.76 Å². The number of hydrogen-bond donors (Lipinski definition) is 1. The van der Waals surface area contributed by atoms with Crippen molar-refractivity contribution in [2.75, 3.05) is 19.6 Å². The first-order chi connectivity index (χ1) is 17.2. The summed E-state index contributed by atoms with van der Waals surface area (Å²) in [5.41, 5.74) is 1.90. The van der Waals surface area contributed by atoms with E-state index in [-0.39, 0.29) is 23.8 Å². The highest BCUT2D eigenvalue weighted by Crippen LogP contribution is 2.39. The summed E-state index contributed by atoms with van der Waals surface area (Å²) in [6.45, 7) is 8.61. The Labute approximate surface area is 222 Å². The van der Waals surface area contributed by atoms with Crippen LogP contribution in [0.3, 0.4) is 0 Å². The van der Waals surface area contributed by atoms with Crippen LogP contribution < -0.4 is 14.8 Å². The van der Waals surface area contributed by atoms with Crippen molar-refractivity contribution in [1.82, 2.24) is 10.2 Å². The van der Waals surface area contributed by atoms with Crippen LogP contribution in [-0.4, -0.2) is 48.4 Å². The van der Waals surface area contributed by atoms with E-state index < -0.39 is 0 Å². The smallest absolute Gasteiger partial charge is 0.251 e. The van der Waals surface area contributed by atoms with Gasteiger partial charge in [-0.1, -0.05) is 29.3 Å². The van der Waals surface area contributed by atoms with Gasteiger partial charge in [-0.05, 0) is 88.9 Å². The van der Waals surface area contributed by atoms with Gasteiger partial charge in [-0.3, -0.25) is 9.59 Å². The van der Waals surface area contributed by atoms with E-state index in [1.165, 1.54) is 0 Å². The van der Waals surface area contributed by atoms with Gasteiger partial charge in [0, 0.05) is 24.7 Å². The van der Waals surface area contributed by atoms with E-state index >= 15 is 0 Å². The molecule has 1 unspecified atom stereocenters. The summed E-state index contributed by atoms with van der Waals surface area (Å²) in [6.07, 6.45) is 3.65. The van der Waals surface area contributed by atoms with Gasteiger partial charge < -0.3 is 19.7 Å². The zero-order valence-electron chi connectivity index (χ0n) is 20.9. The van der Waals surface area contributed by atoms with Crippen molar-refractivity contribution < 1.29 is 19.1 Å². The maximum atomic E-state index is 12.8. The first-order valence-corrected chi connectivity index (χ1v) is 13.2. The molecule has 2 heterocycles. The molecule has 1 atom stereocenters. The average Bonchev–Trinajstić information content (AvgIpc) is 3.19. The molecule has 1 fully saturated rings. The van der Waals surface area contributed by atoms with Gasteiger partial charge in [0.1, 0.15) is 17.1 Å². The molecule has 0 bridgehead atoms. The van der Waals surface area contributed by atoms with Crippen molar-refractivity contribution in [3.05, 3.63) is 68.9 Å². The molecule has 6 nitrogen and oxygen atoms in total. The second kappa shape index (κ2) is 11.7. The SMILES string of the molecule is CC(C)=C1Oc2cccc(OC(C)CCCN3CCC(NC(=O)c4ccc(Cl)c(Cl)c4)CC3)c2C1=O. The van der Waals surface area contributed by atoms with E-state index in [9.17, 15) is 9.59 Å². The third-order valence-electron chi connectivity index (χ3n) is 6.61. The predicted molar refractivity (Wildman–Crippen MR) is 142 cm³/mol. The van der Waals surface area contributed by atoms with Gasteiger partial charge in [0.05, 0.1) is 16.1 Å². The van der Waals surface area contributed by atoms with Crippen molar-refractivity contribution in [2.45, 2.75) is 58.6 Å². The van der Waals surface area contributed by atoms with Crippen LogP contribution in [0.25, 0.3) is 0 Å². The molecular weight excluding hydrogens is 499 g/mol. The van der Waals surface area contributed by atoms with Crippen LogP contribution in [0.1, 0.15) is 67.2 Å². The Morgan fingerprint density at radius 2 is 1.92 bits per heavy atom. The number of carbonyl (C=O) groups is 2. The molecule has 2 aromatic carbocycles. The van der Waals surface area contributed by atoms with E-state index in [0.29, 0.717) is 38.4 Å². The number of rotatable bonds is 8. The number of halogens is 2. The quantitative estimate of drug-likeness (QED) is 0.405. The number of carbonyl (C=O) groups excluding carboxylic acids is 2. The number of nitrogens with one attached hydrogen (secondary N) is 1. The molecule has 0 spiro atoms. The molecule has 0 aromatic heterocycles. The highest BCUT2D eigenvalue weighted by atomic mass is 35.5. The normalized spacial score (nSPS) is 16.9. The van der Waals surface area contributed by atoms with Gasteiger partial charge in [0.25, 0.3) is 5.91 Å². The first-order valence-electron chi connectivity index (χ1n) is 12.4. The minimum Gasteiger partial charge on any atom is -0.490 e. The maximum Gasteiger partial charge on any atom is 0.251 e. The summed E-state index contributed by atoms with van der Waals surface area (Å²) in [6, 6.07) is 10.6. The fraction of sp³-hybridized carbons (Fsp3) is 0.429. The third kappa shape index (κ3) is 6.23. The molecule has 8 heteroatoms. The lowest BCUT2D eigenvalue weighted by Gasteiger charge is -2.32. The van der Waals surface area contributed by atoms with Crippen molar-refractivity contribution in [2.24, 2.45) is 0 Å². The highest BCUT2D eigenvalue weighted by molar-refractivity contribution is 6.42. The largest absolute Gasteiger partial charge is 0.490 e. The molecular formula is C28H32Cl2N2O4. The predicted octanol–water partition coefficient (Wildman–Crippen LogP) is 6.30. The number of nitrogens with zero attached hydrogens (tertiary/aromatic N) is 1. The summed E-state index contributed by atoms with van der Waals surface area (Å²) in [7, 11) is 0. The standard InChI is InChI=1S/C28H32Cl2N2O4/c1-17(2)27-26(33)25-23(7-4-8-24(25)36-27)35-18(3)6-5-13-32-14-11-20(12-15-32)31-28(34)19-9-10-21(29)22(30)16-19/h4,7-10,16,18,20H,5-6,11-15H2,1-3H3,(H,31,34). The number of piperidine rings is 1. The Morgan fingerprint density at radius 1 is 1.17 bits per heavy atom. The summed E-state index contributed by atoms with van der Waals surface area (Å²) >= 11 is 12.0. The molecule has 1 amide bonds. The van der Waals surface area contributed by atoms with Gasteiger partial charge in [0.2, 0.25) is 5.78 Å². The third-order valence-corrected chi connectivity index (χ3v) is 7.34. The van der Waals surface area contributed by atoms with Crippen LogP contribution in [0.2, 0.25) is 10.0 Å². The van der Waals surface area contributed by atoms with Crippen molar-refractivity contribution in [3.8, 4) is 11.5 Å². The average molecular weight is 531 g/mol. The minimum absolute atomic E-state index is 0.0249. The van der Waals surface area contributed by atoms with Crippen LogP contribution in [0, 0.1) is 0 Å². The zero-order chi connectivity index (χ0) is 25.8. The number of ether oxygens (including phenoxy) is 2. The van der Waals surface area contributed by atoms with Crippen LogP contribution in [0.4, 0.5) is 0 Å². The number of likely N-dealkylation sites (tertiary alicyclic amines) is 1. The molecule has 0 saturated carbocycles. The van der Waals surface area contributed by atoms with E-state index in [1.807, 2.05) is 32.9 Å². The number of amides is 1. The zero-order valence-corrected chi connectivity index (χ0v) is 22.4. The number of hydrogen-bond acceptors (Lipinski definition) is 5. The highest BCUT2D eigenvalue weighted by Gasteiger charge is 2.32. The minimum atomic E-state index is -0.119. The second-order valence-electron chi connectivity index (χ2n) is 9.68. The van der Waals surface area contributed by atoms with Crippen molar-refractivity contribution >= 4 is 34.9 Å². The Bertz CT molecular complexity index is 1170. The van der Waals surface area contributed by atoms with Gasteiger partial charge in [-0.2, -0.15) is 0 Å². The van der Waals surface area contributed by atoms with E-state index in [4.69, 9.17) is 32.7 Å². The molecule has 36 heavy (non-hydrogen) atoms. The Hall–Kier alpha value is -2.54. The number of allylic oxidation sites excluding steroid dienone is 2. The Kier molecular flexibility index (Phi) is 8.60. The van der Waals surface area contributed by atoms with E-state index in [1.54, 1.807) is 24.3 Å². The molecule has 0 radical (unpaired) electrons. The summed E-state index contributed by atoms with van der Waals surface area (Å²) in [4.78, 5) is 27.7. The Morgan fingerprint density at radius 3 is 2.61 bits per heavy atom. The topological polar surface area (TPSA) is 67.9 Å². The summed E-state index contributed by atoms with van der Waals surface area (Å²) in [5.74, 6) is 1.31. The van der Waals surface area contributed by atoms with Gasteiger partial charge in [-0.25, -0.2) is 0 Å². The number of fused-ring (bicyclic) bond motifs is 1. The Balaban J connectivity index is 1.20. The summed E-state index contributed by atoms with van der Waals surface area (Å²) < 4.78 is 11.9.